The zero-order valence-corrected chi connectivity index (χ0v) is 13.9. The van der Waals surface area contributed by atoms with E-state index in [1.165, 1.54) is 13.0 Å². The number of halogens is 4. The van der Waals surface area contributed by atoms with Crippen LogP contribution in [0.1, 0.15) is 36.8 Å². The van der Waals surface area contributed by atoms with Gasteiger partial charge in [0.25, 0.3) is 0 Å². The largest absolute Gasteiger partial charge is 0.418 e. The highest BCUT2D eigenvalue weighted by atomic mass is 19.4. The molecule has 1 unspecified atom stereocenters. The number of aryl methyl sites for hydroxylation is 1. The Bertz CT molecular complexity index is 540. The Hall–Kier alpha value is -1.30. The van der Waals surface area contributed by atoms with E-state index in [0.717, 1.165) is 31.7 Å². The number of anilines is 1. The van der Waals surface area contributed by atoms with Crippen LogP contribution in [-0.4, -0.2) is 38.1 Å². The summed E-state index contributed by atoms with van der Waals surface area (Å²) < 4.78 is 54.4. The molecule has 0 aromatic heterocycles. The van der Waals surface area contributed by atoms with Gasteiger partial charge in [-0.25, -0.2) is 4.39 Å². The van der Waals surface area contributed by atoms with Crippen LogP contribution < -0.4 is 4.90 Å². The summed E-state index contributed by atoms with van der Waals surface area (Å²) >= 11 is 0. The molecule has 1 fully saturated rings. The molecule has 1 aliphatic heterocycles. The number of hydrogen-bond donors (Lipinski definition) is 0. The van der Waals surface area contributed by atoms with E-state index in [9.17, 15) is 17.6 Å². The van der Waals surface area contributed by atoms with E-state index in [-0.39, 0.29) is 11.3 Å². The van der Waals surface area contributed by atoms with Crippen molar-refractivity contribution in [3.05, 3.63) is 29.1 Å². The molecule has 1 heterocycles. The van der Waals surface area contributed by atoms with Gasteiger partial charge in [0.2, 0.25) is 0 Å². The van der Waals surface area contributed by atoms with Gasteiger partial charge < -0.3 is 9.80 Å². The summed E-state index contributed by atoms with van der Waals surface area (Å²) in [5.74, 6) is -0.778. The molecule has 0 spiro atoms. The Kier molecular flexibility index (Phi) is 5.55. The molecule has 130 valence electrons. The van der Waals surface area contributed by atoms with Crippen molar-refractivity contribution in [2.24, 2.45) is 0 Å². The molecule has 1 aromatic carbocycles. The van der Waals surface area contributed by atoms with Gasteiger partial charge >= 0.3 is 6.18 Å². The van der Waals surface area contributed by atoms with Gasteiger partial charge in [-0.1, -0.05) is 6.42 Å². The molecule has 0 saturated carbocycles. The Morgan fingerprint density at radius 1 is 1.09 bits per heavy atom. The molecule has 1 saturated heterocycles. The molecular weight excluding hydrogens is 308 g/mol. The quantitative estimate of drug-likeness (QED) is 0.738. The lowest BCUT2D eigenvalue weighted by molar-refractivity contribution is -0.137. The van der Waals surface area contributed by atoms with Gasteiger partial charge in [0.15, 0.2) is 0 Å². The lowest BCUT2D eigenvalue weighted by Crippen LogP contribution is -2.37. The molecule has 1 aliphatic rings. The number of alkyl halides is 3. The van der Waals surface area contributed by atoms with E-state index in [2.05, 4.69) is 4.90 Å². The fourth-order valence-electron chi connectivity index (χ4n) is 3.26. The topological polar surface area (TPSA) is 6.48 Å². The zero-order chi connectivity index (χ0) is 17.2. The van der Waals surface area contributed by atoms with Crippen molar-refractivity contribution in [1.29, 1.82) is 0 Å². The van der Waals surface area contributed by atoms with Gasteiger partial charge in [0, 0.05) is 19.1 Å². The van der Waals surface area contributed by atoms with Crippen LogP contribution in [-0.2, 0) is 6.18 Å². The summed E-state index contributed by atoms with van der Waals surface area (Å²) in [6.07, 6.45) is -1.07. The average molecular weight is 332 g/mol. The summed E-state index contributed by atoms with van der Waals surface area (Å²) in [5.41, 5.74) is -0.865. The van der Waals surface area contributed by atoms with Gasteiger partial charge in [0.05, 0.1) is 11.3 Å². The maximum Gasteiger partial charge on any atom is 0.418 e. The predicted octanol–water partition coefficient (Wildman–Crippen LogP) is 4.46. The Morgan fingerprint density at radius 3 is 2.39 bits per heavy atom. The predicted molar refractivity (Wildman–Crippen MR) is 84.3 cm³/mol. The van der Waals surface area contributed by atoms with Crippen molar-refractivity contribution in [3.63, 3.8) is 0 Å². The standard InChI is InChI=1S/C17H24F4N2/c1-12-10-14(17(19,20)21)16(15(18)11-12)23-8-5-4-6-13(7-9-23)22(2)3/h10-11,13H,4-9H2,1-3H3. The van der Waals surface area contributed by atoms with Gasteiger partial charge in [-0.15, -0.1) is 0 Å². The third-order valence-electron chi connectivity index (χ3n) is 4.51. The molecular formula is C17H24F4N2. The van der Waals surface area contributed by atoms with Gasteiger partial charge in [0.1, 0.15) is 5.82 Å². The molecule has 2 rings (SSSR count). The molecule has 2 nitrogen and oxygen atoms in total. The minimum atomic E-state index is -4.55. The summed E-state index contributed by atoms with van der Waals surface area (Å²) in [5, 5.41) is 0. The Morgan fingerprint density at radius 2 is 1.78 bits per heavy atom. The van der Waals surface area contributed by atoms with Crippen molar-refractivity contribution in [2.45, 2.75) is 44.8 Å². The van der Waals surface area contributed by atoms with Crippen LogP contribution in [0.25, 0.3) is 0 Å². The molecule has 0 amide bonds. The normalized spacial score (nSPS) is 20.5. The van der Waals surface area contributed by atoms with Crippen LogP contribution in [0.2, 0.25) is 0 Å². The first-order valence-corrected chi connectivity index (χ1v) is 7.99. The van der Waals surface area contributed by atoms with Crippen molar-refractivity contribution >= 4 is 5.69 Å². The van der Waals surface area contributed by atoms with Crippen LogP contribution in [0.4, 0.5) is 23.2 Å². The Labute approximate surface area is 135 Å². The van der Waals surface area contributed by atoms with Crippen LogP contribution in [0.15, 0.2) is 12.1 Å². The van der Waals surface area contributed by atoms with Crippen molar-refractivity contribution in [3.8, 4) is 0 Å². The van der Waals surface area contributed by atoms with E-state index in [4.69, 9.17) is 0 Å². The second-order valence-corrected chi connectivity index (χ2v) is 6.53. The maximum atomic E-state index is 14.4. The zero-order valence-electron chi connectivity index (χ0n) is 13.9. The fourth-order valence-corrected chi connectivity index (χ4v) is 3.26. The maximum absolute atomic E-state index is 14.4. The fraction of sp³-hybridized carbons (Fsp3) is 0.647. The van der Waals surface area contributed by atoms with Gasteiger partial charge in [-0.2, -0.15) is 13.2 Å². The van der Waals surface area contributed by atoms with Gasteiger partial charge in [-0.3, -0.25) is 0 Å². The van der Waals surface area contributed by atoms with Gasteiger partial charge in [-0.05, 0) is 58.0 Å². The molecule has 1 aromatic rings. The molecule has 1 atom stereocenters. The SMILES string of the molecule is Cc1cc(F)c(N2CCCCC(N(C)C)CC2)c(C(F)(F)F)c1. The van der Waals surface area contributed by atoms with Crippen LogP contribution in [0, 0.1) is 12.7 Å². The highest BCUT2D eigenvalue weighted by molar-refractivity contribution is 5.57. The van der Waals surface area contributed by atoms with Crippen molar-refractivity contribution in [1.82, 2.24) is 4.90 Å². The second-order valence-electron chi connectivity index (χ2n) is 6.53. The molecule has 0 bridgehead atoms. The summed E-state index contributed by atoms with van der Waals surface area (Å²) in [7, 11) is 3.95. The van der Waals surface area contributed by atoms with E-state index < -0.39 is 17.6 Å². The molecule has 0 aliphatic carbocycles. The smallest absolute Gasteiger partial charge is 0.369 e. The second kappa shape index (κ2) is 7.07. The van der Waals surface area contributed by atoms with E-state index in [1.54, 1.807) is 4.90 Å². The molecule has 0 radical (unpaired) electrons. The summed E-state index contributed by atoms with van der Waals surface area (Å²) in [6.45, 7) is 2.38. The van der Waals surface area contributed by atoms with E-state index in [0.29, 0.717) is 19.1 Å². The molecule has 6 heteroatoms. The Balaban J connectivity index is 2.36. The lowest BCUT2D eigenvalue weighted by Gasteiger charge is -2.34. The number of hydrogen-bond acceptors (Lipinski definition) is 2. The third-order valence-corrected chi connectivity index (χ3v) is 4.51. The van der Waals surface area contributed by atoms with Crippen molar-refractivity contribution in [2.75, 3.05) is 32.1 Å². The summed E-state index contributed by atoms with van der Waals surface area (Å²) in [4.78, 5) is 3.67. The van der Waals surface area contributed by atoms with Crippen LogP contribution >= 0.6 is 0 Å². The lowest BCUT2D eigenvalue weighted by atomic mass is 10.0. The number of benzene rings is 1. The van der Waals surface area contributed by atoms with Crippen molar-refractivity contribution < 1.29 is 17.6 Å². The first-order chi connectivity index (χ1) is 10.7. The number of rotatable bonds is 2. The highest BCUT2D eigenvalue weighted by Crippen LogP contribution is 2.39. The first-order valence-electron chi connectivity index (χ1n) is 7.99. The average Bonchev–Trinajstić information content (AvgIpc) is 2.37. The first kappa shape index (κ1) is 18.0. The molecule has 23 heavy (non-hydrogen) atoms. The minimum Gasteiger partial charge on any atom is -0.369 e. The van der Waals surface area contributed by atoms with E-state index >= 15 is 0 Å². The highest BCUT2D eigenvalue weighted by Gasteiger charge is 2.37. The summed E-state index contributed by atoms with van der Waals surface area (Å²) in [6, 6.07) is 2.55. The third kappa shape index (κ3) is 4.37. The molecule has 0 N–H and O–H groups in total. The minimum absolute atomic E-state index is 0.289. The number of nitrogens with zero attached hydrogens (tertiary/aromatic N) is 2. The van der Waals surface area contributed by atoms with Crippen LogP contribution in [0.3, 0.4) is 0 Å². The van der Waals surface area contributed by atoms with Crippen LogP contribution in [0.5, 0.6) is 0 Å². The van der Waals surface area contributed by atoms with E-state index in [1.807, 2.05) is 14.1 Å². The monoisotopic (exact) mass is 332 g/mol.